The second-order valence-corrected chi connectivity index (χ2v) is 17.7. The lowest BCUT2D eigenvalue weighted by atomic mass is 10.2. The summed E-state index contributed by atoms with van der Waals surface area (Å²) in [5.41, 5.74) is -0.451. The second kappa shape index (κ2) is 15.6. The van der Waals surface area contributed by atoms with Gasteiger partial charge in [0.1, 0.15) is 28.5 Å². The third-order valence-corrected chi connectivity index (χ3v) is 12.0. The summed E-state index contributed by atoms with van der Waals surface area (Å²) in [5.74, 6) is 0.0618. The molecule has 0 atom stereocenters. The van der Waals surface area contributed by atoms with Crippen molar-refractivity contribution in [2.45, 2.75) is 79.3 Å². The Kier molecular flexibility index (Phi) is 11.9. The lowest BCUT2D eigenvalue weighted by molar-refractivity contribution is -0.158. The van der Waals surface area contributed by atoms with Gasteiger partial charge >= 0.3 is 22.1 Å². The largest absolute Gasteiger partial charge is 0.496 e. The molecule has 0 unspecified atom stereocenters. The number of carbonyl (C=O) groups is 2. The first kappa shape index (κ1) is 38.3. The summed E-state index contributed by atoms with van der Waals surface area (Å²) >= 11 is 0. The topological polar surface area (TPSA) is 124 Å². The Balaban J connectivity index is 1.84. The summed E-state index contributed by atoms with van der Waals surface area (Å²) in [5, 5.41) is 0. The molecule has 0 aliphatic rings. The number of hydrogen-bond donors (Lipinski definition) is 0. The maximum Gasteiger partial charge on any atom is 0.344 e. The highest BCUT2D eigenvalue weighted by Crippen LogP contribution is 2.72. The van der Waals surface area contributed by atoms with Gasteiger partial charge in [-0.15, -0.1) is 0 Å². The molecule has 268 valence electrons. The fourth-order valence-electron chi connectivity index (χ4n) is 4.72. The van der Waals surface area contributed by atoms with Crippen molar-refractivity contribution < 1.29 is 45.3 Å². The molecule has 0 amide bonds. The van der Waals surface area contributed by atoms with Gasteiger partial charge in [0.05, 0.1) is 16.9 Å². The van der Waals surface area contributed by atoms with Crippen LogP contribution in [-0.4, -0.2) is 51.9 Å². The molecular weight excluding hydrogens is 681 g/mol. The van der Waals surface area contributed by atoms with Crippen LogP contribution in [0.5, 0.6) is 17.2 Å². The van der Waals surface area contributed by atoms with E-state index in [-0.39, 0.29) is 18.1 Å². The predicted octanol–water partition coefficient (Wildman–Crippen LogP) is 8.05. The maximum atomic E-state index is 14.2. The lowest BCUT2D eigenvalue weighted by Gasteiger charge is -2.40. The zero-order valence-electron chi connectivity index (χ0n) is 29.6. The molecule has 10 nitrogen and oxygen atoms in total. The van der Waals surface area contributed by atoms with Gasteiger partial charge in [0.2, 0.25) is 0 Å². The van der Waals surface area contributed by atoms with Crippen molar-refractivity contribution in [3.05, 3.63) is 103 Å². The van der Waals surface area contributed by atoms with Crippen molar-refractivity contribution in [2.75, 3.05) is 20.3 Å². The average Bonchev–Trinajstić information content (AvgIpc) is 3.04. The first-order chi connectivity index (χ1) is 23.4. The molecule has 0 heterocycles. The number of methoxy groups -OCH3 is 1. The van der Waals surface area contributed by atoms with Crippen LogP contribution in [0.2, 0.25) is 0 Å². The molecule has 0 spiro atoms. The van der Waals surface area contributed by atoms with E-state index in [0.29, 0.717) is 31.9 Å². The van der Waals surface area contributed by atoms with Crippen molar-refractivity contribution in [2.24, 2.45) is 0 Å². The van der Waals surface area contributed by atoms with Gasteiger partial charge in [-0.05, 0) is 132 Å². The van der Waals surface area contributed by atoms with E-state index in [2.05, 4.69) is 0 Å². The Labute approximate surface area is 296 Å². The Morgan fingerprint density at radius 1 is 0.600 bits per heavy atom. The standard InChI is InChI=1S/C38H44O10S2/c1-27-13-19-32(20-14-27)50(41,42)48-49(34-12-10-9-11-33(34)43-8,30-21-15-28(16-22-30)44-25-35(39)46-37(2,3)4)31-23-17-29(18-24-31)45-26-36(40)47-38(5,6)7/h9-24H,25-26H2,1-8H3. The number of rotatable bonds is 13. The highest BCUT2D eigenvalue weighted by Gasteiger charge is 2.40. The fraction of sp³-hybridized carbons (Fsp3) is 0.316. The number of benzene rings is 4. The van der Waals surface area contributed by atoms with Crippen LogP contribution in [0.3, 0.4) is 0 Å². The van der Waals surface area contributed by atoms with Crippen molar-refractivity contribution in [3.63, 3.8) is 0 Å². The normalized spacial score (nSPS) is 12.5. The van der Waals surface area contributed by atoms with Crippen LogP contribution in [0.25, 0.3) is 0 Å². The van der Waals surface area contributed by atoms with Crippen molar-refractivity contribution in [1.82, 2.24) is 0 Å². The van der Waals surface area contributed by atoms with Crippen LogP contribution in [-0.2, 0) is 32.8 Å². The van der Waals surface area contributed by atoms with Crippen LogP contribution in [0, 0.1) is 6.92 Å². The number of aryl methyl sites for hydroxylation is 1. The van der Waals surface area contributed by atoms with Gasteiger partial charge in [-0.3, -0.25) is 0 Å². The monoisotopic (exact) mass is 724 g/mol. The molecule has 0 N–H and O–H groups in total. The smallest absolute Gasteiger partial charge is 0.344 e. The molecule has 0 fully saturated rings. The Hall–Kier alpha value is -4.52. The number of hydrogen-bond acceptors (Lipinski definition) is 10. The van der Waals surface area contributed by atoms with Crippen molar-refractivity contribution >= 4 is 32.4 Å². The molecule has 0 aromatic heterocycles. The first-order valence-electron chi connectivity index (χ1n) is 15.8. The SMILES string of the molecule is COc1ccccc1S(OS(=O)(=O)c1ccc(C)cc1)(c1ccc(OCC(=O)OC(C)(C)C)cc1)c1ccc(OCC(=O)OC(C)(C)C)cc1. The van der Waals surface area contributed by atoms with E-state index in [0.717, 1.165) is 5.56 Å². The van der Waals surface area contributed by atoms with Crippen LogP contribution < -0.4 is 14.2 Å². The summed E-state index contributed by atoms with van der Waals surface area (Å²) in [6.07, 6.45) is 0. The minimum Gasteiger partial charge on any atom is -0.496 e. The highest BCUT2D eigenvalue weighted by molar-refractivity contribution is 8.33. The molecule has 0 saturated carbocycles. The fourth-order valence-corrected chi connectivity index (χ4v) is 10.0. The first-order valence-corrected chi connectivity index (χ1v) is 18.8. The maximum absolute atomic E-state index is 14.2. The third-order valence-electron chi connectivity index (χ3n) is 6.74. The second-order valence-electron chi connectivity index (χ2n) is 13.2. The van der Waals surface area contributed by atoms with E-state index >= 15 is 0 Å². The third kappa shape index (κ3) is 10.0. The molecule has 0 aliphatic heterocycles. The van der Waals surface area contributed by atoms with Crippen LogP contribution >= 0.6 is 10.3 Å². The quantitative estimate of drug-likeness (QED) is 0.125. The lowest BCUT2D eigenvalue weighted by Crippen LogP contribution is -2.27. The number of carbonyl (C=O) groups excluding carboxylic acids is 2. The van der Waals surface area contributed by atoms with E-state index in [9.17, 15) is 18.0 Å². The molecule has 12 heteroatoms. The minimum absolute atomic E-state index is 0.0236. The van der Waals surface area contributed by atoms with Gasteiger partial charge in [-0.2, -0.15) is 8.42 Å². The molecular formula is C38H44O10S2. The predicted molar refractivity (Wildman–Crippen MR) is 190 cm³/mol. The van der Waals surface area contributed by atoms with E-state index < -0.39 is 43.6 Å². The van der Waals surface area contributed by atoms with E-state index in [1.807, 2.05) is 6.92 Å². The molecule has 0 saturated heterocycles. The summed E-state index contributed by atoms with van der Waals surface area (Å²) < 4.78 is 62.8. The highest BCUT2D eigenvalue weighted by atomic mass is 32.3. The molecule has 0 aliphatic carbocycles. The van der Waals surface area contributed by atoms with E-state index in [1.165, 1.54) is 19.2 Å². The summed E-state index contributed by atoms with van der Waals surface area (Å²) in [6.45, 7) is 11.8. The zero-order valence-corrected chi connectivity index (χ0v) is 31.2. The van der Waals surface area contributed by atoms with Crippen LogP contribution in [0.15, 0.2) is 117 Å². The van der Waals surface area contributed by atoms with Gasteiger partial charge < -0.3 is 23.7 Å². The van der Waals surface area contributed by atoms with Crippen LogP contribution in [0.4, 0.5) is 0 Å². The summed E-state index contributed by atoms with van der Waals surface area (Å²) in [7, 11) is -6.05. The van der Waals surface area contributed by atoms with Gasteiger partial charge in [0.25, 0.3) is 0 Å². The van der Waals surface area contributed by atoms with Crippen molar-refractivity contribution in [1.29, 1.82) is 0 Å². The molecule has 0 bridgehead atoms. The van der Waals surface area contributed by atoms with Gasteiger partial charge in [0.15, 0.2) is 13.2 Å². The number of ether oxygens (including phenoxy) is 5. The number of para-hydroxylation sites is 1. The Morgan fingerprint density at radius 2 is 1.02 bits per heavy atom. The molecule has 4 aromatic rings. The van der Waals surface area contributed by atoms with Gasteiger partial charge in [0, 0.05) is 9.79 Å². The van der Waals surface area contributed by atoms with E-state index in [1.54, 1.807) is 126 Å². The van der Waals surface area contributed by atoms with Gasteiger partial charge in [-0.25, -0.2) is 13.2 Å². The Morgan fingerprint density at radius 3 is 1.44 bits per heavy atom. The average molecular weight is 725 g/mol. The van der Waals surface area contributed by atoms with Gasteiger partial charge in [-0.1, -0.05) is 29.8 Å². The summed E-state index contributed by atoms with van der Waals surface area (Å²) in [4.78, 5) is 26.0. The Bertz CT molecular complexity index is 1800. The summed E-state index contributed by atoms with van der Waals surface area (Å²) in [6, 6.07) is 26.8. The molecule has 4 aromatic carbocycles. The molecule has 50 heavy (non-hydrogen) atoms. The van der Waals surface area contributed by atoms with E-state index in [4.69, 9.17) is 27.3 Å². The molecule has 4 rings (SSSR count). The van der Waals surface area contributed by atoms with Crippen molar-refractivity contribution in [3.8, 4) is 17.2 Å². The minimum atomic E-state index is -4.41. The molecule has 0 radical (unpaired) electrons. The van der Waals surface area contributed by atoms with Crippen LogP contribution in [0.1, 0.15) is 47.1 Å². The number of esters is 2. The zero-order chi connectivity index (χ0) is 36.7.